The number of carbonyl (C=O) groups is 2. The van der Waals surface area contributed by atoms with Gasteiger partial charge in [-0.15, -0.1) is 0 Å². The van der Waals surface area contributed by atoms with Gasteiger partial charge in [-0.25, -0.2) is 0 Å². The Morgan fingerprint density at radius 1 is 1.00 bits per heavy atom. The smallest absolute Gasteiger partial charge is 0.234 e. The fourth-order valence-corrected chi connectivity index (χ4v) is 3.86. The van der Waals surface area contributed by atoms with E-state index < -0.39 is 0 Å². The molecule has 0 spiro atoms. The van der Waals surface area contributed by atoms with Crippen molar-refractivity contribution in [2.45, 2.75) is 64.8 Å². The molecule has 2 heterocycles. The molecule has 0 aromatic rings. The summed E-state index contributed by atoms with van der Waals surface area (Å²) in [6.07, 6.45) is 6.20. The second kappa shape index (κ2) is 10.3. The summed E-state index contributed by atoms with van der Waals surface area (Å²) in [6, 6.07) is 0. The first-order valence-corrected chi connectivity index (χ1v) is 10.3. The van der Waals surface area contributed by atoms with Crippen LogP contribution >= 0.6 is 0 Å². The molecule has 150 valence electrons. The van der Waals surface area contributed by atoms with Crippen molar-refractivity contribution in [3.8, 4) is 0 Å². The third-order valence-corrected chi connectivity index (χ3v) is 5.42. The van der Waals surface area contributed by atoms with Gasteiger partial charge in [-0.3, -0.25) is 14.5 Å². The van der Waals surface area contributed by atoms with E-state index in [9.17, 15) is 9.59 Å². The number of carbonyl (C=O) groups excluding carboxylic acids is 2. The third kappa shape index (κ3) is 8.49. The van der Waals surface area contributed by atoms with Crippen molar-refractivity contribution in [3.63, 3.8) is 0 Å². The van der Waals surface area contributed by atoms with Crippen LogP contribution in [0.5, 0.6) is 0 Å². The average molecular weight is 367 g/mol. The second-order valence-electron chi connectivity index (χ2n) is 9.05. The number of likely N-dealkylation sites (tertiary alicyclic amines) is 1. The lowest BCUT2D eigenvalue weighted by molar-refractivity contribution is -0.124. The zero-order valence-corrected chi connectivity index (χ0v) is 16.9. The highest BCUT2D eigenvalue weighted by Crippen LogP contribution is 2.18. The maximum absolute atomic E-state index is 12.1. The van der Waals surface area contributed by atoms with Gasteiger partial charge in [-0.2, -0.15) is 0 Å². The van der Waals surface area contributed by atoms with Crippen LogP contribution in [0.3, 0.4) is 0 Å². The van der Waals surface area contributed by atoms with Crippen LogP contribution < -0.4 is 16.0 Å². The molecular formula is C20H38N4O2. The Morgan fingerprint density at radius 2 is 1.65 bits per heavy atom. The molecule has 0 bridgehead atoms. The second-order valence-corrected chi connectivity index (χ2v) is 9.05. The highest BCUT2D eigenvalue weighted by atomic mass is 16.2. The van der Waals surface area contributed by atoms with E-state index in [-0.39, 0.29) is 17.4 Å². The quantitative estimate of drug-likeness (QED) is 0.639. The summed E-state index contributed by atoms with van der Waals surface area (Å²) in [4.78, 5) is 26.3. The highest BCUT2D eigenvalue weighted by Gasteiger charge is 2.23. The van der Waals surface area contributed by atoms with E-state index in [1.54, 1.807) is 0 Å². The van der Waals surface area contributed by atoms with Crippen molar-refractivity contribution in [1.82, 2.24) is 20.9 Å². The van der Waals surface area contributed by atoms with Crippen molar-refractivity contribution in [3.05, 3.63) is 0 Å². The van der Waals surface area contributed by atoms with E-state index in [2.05, 4.69) is 20.9 Å². The molecule has 0 aliphatic carbocycles. The number of nitrogens with one attached hydrogen (secondary N) is 3. The van der Waals surface area contributed by atoms with Crippen molar-refractivity contribution >= 4 is 11.8 Å². The molecule has 2 amide bonds. The zero-order valence-electron chi connectivity index (χ0n) is 16.9. The lowest BCUT2D eigenvalue weighted by atomic mass is 9.93. The summed E-state index contributed by atoms with van der Waals surface area (Å²) in [6.45, 7) is 11.3. The van der Waals surface area contributed by atoms with E-state index >= 15 is 0 Å². The molecule has 2 rings (SSSR count). The molecule has 2 saturated heterocycles. The Morgan fingerprint density at radius 3 is 2.27 bits per heavy atom. The minimum atomic E-state index is -0.173. The van der Waals surface area contributed by atoms with E-state index in [1.807, 2.05) is 20.8 Å². The Balaban J connectivity index is 1.55. The highest BCUT2D eigenvalue weighted by molar-refractivity contribution is 5.78. The number of nitrogens with zero attached hydrogens (tertiary/aromatic N) is 1. The van der Waals surface area contributed by atoms with Gasteiger partial charge in [0, 0.05) is 18.5 Å². The number of piperidine rings is 2. The molecule has 0 unspecified atom stereocenters. The molecule has 2 aliphatic heterocycles. The van der Waals surface area contributed by atoms with E-state index in [1.165, 1.54) is 12.8 Å². The topological polar surface area (TPSA) is 73.5 Å². The predicted molar refractivity (Wildman–Crippen MR) is 105 cm³/mol. The summed E-state index contributed by atoms with van der Waals surface area (Å²) in [7, 11) is 0. The summed E-state index contributed by atoms with van der Waals surface area (Å²) in [5.74, 6) is 1.56. The molecule has 0 atom stereocenters. The molecule has 2 aliphatic rings. The van der Waals surface area contributed by atoms with E-state index in [4.69, 9.17) is 0 Å². The lowest BCUT2D eigenvalue weighted by Crippen LogP contribution is -2.48. The number of amides is 2. The number of rotatable bonds is 7. The van der Waals surface area contributed by atoms with Gasteiger partial charge in [-0.05, 0) is 90.9 Å². The van der Waals surface area contributed by atoms with Crippen LogP contribution in [0, 0.1) is 11.8 Å². The molecule has 6 nitrogen and oxygen atoms in total. The molecule has 0 radical (unpaired) electrons. The molecule has 0 aromatic heterocycles. The van der Waals surface area contributed by atoms with E-state index in [0.29, 0.717) is 24.8 Å². The van der Waals surface area contributed by atoms with Gasteiger partial charge >= 0.3 is 0 Å². The first-order chi connectivity index (χ1) is 12.3. The molecule has 2 fully saturated rings. The minimum Gasteiger partial charge on any atom is -0.356 e. The standard InChI is InChI=1S/C20H38N4O2/c1-20(2,3)23-19(26)15-24-12-8-17(9-13-24)14-22-18(25)5-4-16-6-10-21-11-7-16/h16-17,21H,4-15H2,1-3H3,(H,22,25)(H,23,26). The van der Waals surface area contributed by atoms with Crippen molar-refractivity contribution < 1.29 is 9.59 Å². The molecule has 26 heavy (non-hydrogen) atoms. The Bertz CT molecular complexity index is 447. The Hall–Kier alpha value is -1.14. The van der Waals surface area contributed by atoms with Crippen LogP contribution in [-0.4, -0.2) is 61.5 Å². The van der Waals surface area contributed by atoms with Gasteiger partial charge in [0.1, 0.15) is 0 Å². The summed E-state index contributed by atoms with van der Waals surface area (Å²) < 4.78 is 0. The van der Waals surface area contributed by atoms with Crippen LogP contribution in [0.15, 0.2) is 0 Å². The normalized spacial score (nSPS) is 20.7. The van der Waals surface area contributed by atoms with Gasteiger partial charge in [0.25, 0.3) is 0 Å². The average Bonchev–Trinajstić information content (AvgIpc) is 2.58. The molecule has 0 aromatic carbocycles. The van der Waals surface area contributed by atoms with Gasteiger partial charge in [0.05, 0.1) is 6.54 Å². The monoisotopic (exact) mass is 366 g/mol. The largest absolute Gasteiger partial charge is 0.356 e. The van der Waals surface area contributed by atoms with Gasteiger partial charge in [0.2, 0.25) is 11.8 Å². The Labute approximate surface area is 158 Å². The molecule has 0 saturated carbocycles. The minimum absolute atomic E-state index is 0.0992. The first-order valence-electron chi connectivity index (χ1n) is 10.3. The fourth-order valence-electron chi connectivity index (χ4n) is 3.86. The van der Waals surface area contributed by atoms with Gasteiger partial charge < -0.3 is 16.0 Å². The van der Waals surface area contributed by atoms with Crippen LogP contribution in [0.25, 0.3) is 0 Å². The summed E-state index contributed by atoms with van der Waals surface area (Å²) >= 11 is 0. The predicted octanol–water partition coefficient (Wildman–Crippen LogP) is 1.51. The van der Waals surface area contributed by atoms with Crippen LogP contribution in [-0.2, 0) is 9.59 Å². The summed E-state index contributed by atoms with van der Waals surface area (Å²) in [5, 5.41) is 9.51. The zero-order chi connectivity index (χ0) is 19.0. The van der Waals surface area contributed by atoms with Crippen LogP contribution in [0.4, 0.5) is 0 Å². The molecular weight excluding hydrogens is 328 g/mol. The third-order valence-electron chi connectivity index (χ3n) is 5.42. The number of hydrogen-bond acceptors (Lipinski definition) is 4. The maximum atomic E-state index is 12.1. The Kier molecular flexibility index (Phi) is 8.35. The van der Waals surface area contributed by atoms with Crippen LogP contribution in [0.1, 0.15) is 59.3 Å². The van der Waals surface area contributed by atoms with Crippen molar-refractivity contribution in [2.75, 3.05) is 39.3 Å². The van der Waals surface area contributed by atoms with Crippen molar-refractivity contribution in [2.24, 2.45) is 11.8 Å². The SMILES string of the molecule is CC(C)(C)NC(=O)CN1CCC(CNC(=O)CCC2CCNCC2)CC1. The summed E-state index contributed by atoms with van der Waals surface area (Å²) in [5.41, 5.74) is -0.173. The first kappa shape index (κ1) is 21.2. The van der Waals surface area contributed by atoms with E-state index in [0.717, 1.165) is 52.0 Å². The molecule has 6 heteroatoms. The fraction of sp³-hybridized carbons (Fsp3) is 0.900. The lowest BCUT2D eigenvalue weighted by Gasteiger charge is -2.32. The van der Waals surface area contributed by atoms with Gasteiger partial charge in [-0.1, -0.05) is 0 Å². The molecule has 3 N–H and O–H groups in total. The maximum Gasteiger partial charge on any atom is 0.234 e. The van der Waals surface area contributed by atoms with Crippen LogP contribution in [0.2, 0.25) is 0 Å². The number of hydrogen-bond donors (Lipinski definition) is 3. The van der Waals surface area contributed by atoms with Crippen molar-refractivity contribution in [1.29, 1.82) is 0 Å². The van der Waals surface area contributed by atoms with Gasteiger partial charge in [0.15, 0.2) is 0 Å².